The van der Waals surface area contributed by atoms with Crippen LogP contribution < -0.4 is 0 Å². The molecule has 0 heterocycles. The molecule has 0 aliphatic carbocycles. The van der Waals surface area contributed by atoms with Crippen molar-refractivity contribution in [1.29, 1.82) is 0 Å². The van der Waals surface area contributed by atoms with Gasteiger partial charge in [-0.05, 0) is 12.1 Å². The average molecular weight is 194 g/mol. The molecule has 1 N–H and O–H groups in total. The van der Waals surface area contributed by atoms with Crippen molar-refractivity contribution in [2.75, 3.05) is 0 Å². The third kappa shape index (κ3) is 11.5. The highest BCUT2D eigenvalue weighted by Gasteiger charge is 1.74. The maximum atomic E-state index is 8.63. The molecule has 0 aromatic heterocycles. The van der Waals surface area contributed by atoms with Crippen LogP contribution in [0.4, 0.5) is 23.5 Å². The van der Waals surface area contributed by atoms with E-state index in [1.807, 2.05) is 6.07 Å². The van der Waals surface area contributed by atoms with Gasteiger partial charge in [0, 0.05) is 0 Å². The standard InChI is InChI=1S/C6H6O.5FH/c7-6-4-2-1-3-5-6;;;;;/h1-5,7H;5*1H. The lowest BCUT2D eigenvalue weighted by Gasteiger charge is -1.82. The lowest BCUT2D eigenvalue weighted by atomic mass is 10.3. The van der Waals surface area contributed by atoms with Crippen molar-refractivity contribution < 1.29 is 28.6 Å². The molecular weight excluding hydrogens is 183 g/mol. The maximum Gasteiger partial charge on any atom is 0.115 e. The largest absolute Gasteiger partial charge is 0.508 e. The predicted molar refractivity (Wildman–Crippen MR) is 40.6 cm³/mol. The predicted octanol–water partition coefficient (Wildman–Crippen LogP) is 2.15. The number of hydrogen-bond donors (Lipinski definition) is 1. The van der Waals surface area contributed by atoms with E-state index >= 15 is 0 Å². The fourth-order valence-corrected chi connectivity index (χ4v) is 0.428. The molecule has 0 saturated carbocycles. The normalized spacial score (nSPS) is 5.00. The van der Waals surface area contributed by atoms with Crippen LogP contribution in [0.1, 0.15) is 0 Å². The quantitative estimate of drug-likeness (QED) is 0.627. The van der Waals surface area contributed by atoms with E-state index in [9.17, 15) is 0 Å². The summed E-state index contributed by atoms with van der Waals surface area (Å²) >= 11 is 0. The van der Waals surface area contributed by atoms with Crippen molar-refractivity contribution in [1.82, 2.24) is 0 Å². The van der Waals surface area contributed by atoms with Gasteiger partial charge in [0.25, 0.3) is 0 Å². The first-order chi connectivity index (χ1) is 3.39. The Balaban J connectivity index is -0.0000000327. The average Bonchev–Trinajstić information content (AvgIpc) is 1.69. The molecular formula is C6H11F5O. The molecule has 0 unspecified atom stereocenters. The lowest BCUT2D eigenvalue weighted by molar-refractivity contribution is 0.475. The topological polar surface area (TPSA) is 20.2 Å². The van der Waals surface area contributed by atoms with Crippen LogP contribution >= 0.6 is 0 Å². The van der Waals surface area contributed by atoms with Crippen LogP contribution in [0.5, 0.6) is 5.75 Å². The van der Waals surface area contributed by atoms with E-state index in [0.717, 1.165) is 0 Å². The minimum absolute atomic E-state index is 0. The summed E-state index contributed by atoms with van der Waals surface area (Å²) < 4.78 is 0. The molecule has 0 saturated heterocycles. The fourth-order valence-electron chi connectivity index (χ4n) is 0.428. The summed E-state index contributed by atoms with van der Waals surface area (Å²) in [7, 11) is 0. The summed E-state index contributed by atoms with van der Waals surface area (Å²) in [6.45, 7) is 0. The molecule has 0 aliphatic rings. The molecule has 0 fully saturated rings. The SMILES string of the molecule is F.F.F.F.F.Oc1ccccc1. The van der Waals surface area contributed by atoms with Crippen molar-refractivity contribution in [2.45, 2.75) is 0 Å². The van der Waals surface area contributed by atoms with Crippen molar-refractivity contribution in [3.63, 3.8) is 0 Å². The second kappa shape index (κ2) is 16.3. The Kier molecular flexibility index (Phi) is 42.3. The Morgan fingerprint density at radius 2 is 1.00 bits per heavy atom. The molecule has 1 aromatic rings. The van der Waals surface area contributed by atoms with Crippen molar-refractivity contribution in [3.05, 3.63) is 30.3 Å². The van der Waals surface area contributed by atoms with Gasteiger partial charge in [-0.3, -0.25) is 23.5 Å². The van der Waals surface area contributed by atoms with Crippen LogP contribution in [0.15, 0.2) is 30.3 Å². The molecule has 0 aliphatic heterocycles. The van der Waals surface area contributed by atoms with E-state index in [-0.39, 0.29) is 23.5 Å². The Labute approximate surface area is 65.9 Å². The summed E-state index contributed by atoms with van der Waals surface area (Å²) in [6.07, 6.45) is 0. The van der Waals surface area contributed by atoms with Gasteiger partial charge in [-0.15, -0.1) is 0 Å². The molecule has 0 bridgehead atoms. The van der Waals surface area contributed by atoms with Gasteiger partial charge in [-0.25, -0.2) is 0 Å². The molecule has 12 heavy (non-hydrogen) atoms. The van der Waals surface area contributed by atoms with Gasteiger partial charge in [-0.2, -0.15) is 0 Å². The molecule has 76 valence electrons. The van der Waals surface area contributed by atoms with E-state index in [1.54, 1.807) is 24.3 Å². The Hall–Kier alpha value is -1.33. The smallest absolute Gasteiger partial charge is 0.115 e. The summed E-state index contributed by atoms with van der Waals surface area (Å²) in [4.78, 5) is 0. The van der Waals surface area contributed by atoms with Crippen LogP contribution in [-0.4, -0.2) is 5.11 Å². The second-order valence-electron chi connectivity index (χ2n) is 1.34. The third-order valence-electron chi connectivity index (χ3n) is 0.756. The molecule has 6 heteroatoms. The molecule has 0 spiro atoms. The summed E-state index contributed by atoms with van der Waals surface area (Å²) in [5, 5.41) is 8.63. The van der Waals surface area contributed by atoms with Crippen LogP contribution in [0.2, 0.25) is 0 Å². The zero-order chi connectivity index (χ0) is 5.11. The van der Waals surface area contributed by atoms with Gasteiger partial charge in [0.1, 0.15) is 5.75 Å². The Morgan fingerprint density at radius 3 is 1.17 bits per heavy atom. The van der Waals surface area contributed by atoms with Crippen LogP contribution in [0.3, 0.4) is 0 Å². The van der Waals surface area contributed by atoms with Gasteiger partial charge >= 0.3 is 0 Å². The number of halogens is 5. The van der Waals surface area contributed by atoms with E-state index in [1.165, 1.54) is 0 Å². The van der Waals surface area contributed by atoms with Crippen molar-refractivity contribution in [2.24, 2.45) is 0 Å². The van der Waals surface area contributed by atoms with E-state index in [4.69, 9.17) is 5.11 Å². The van der Waals surface area contributed by atoms with Crippen LogP contribution in [0.25, 0.3) is 0 Å². The first-order valence-electron chi connectivity index (χ1n) is 2.13. The number of aromatic hydroxyl groups is 1. The number of phenolic OH excluding ortho intramolecular Hbond substituents is 1. The van der Waals surface area contributed by atoms with Gasteiger partial charge < -0.3 is 5.11 Å². The molecule has 1 aromatic carbocycles. The first-order valence-corrected chi connectivity index (χ1v) is 2.13. The number of para-hydroxylation sites is 1. The summed E-state index contributed by atoms with van der Waals surface area (Å²) in [5.74, 6) is 0.322. The minimum Gasteiger partial charge on any atom is -0.508 e. The first kappa shape index (κ1) is 31.0. The number of rotatable bonds is 0. The zero-order valence-corrected chi connectivity index (χ0v) is 5.88. The number of benzene rings is 1. The molecule has 0 radical (unpaired) electrons. The maximum absolute atomic E-state index is 8.63. The van der Waals surface area contributed by atoms with E-state index < -0.39 is 0 Å². The highest BCUT2D eigenvalue weighted by molar-refractivity contribution is 5.18. The molecule has 1 rings (SSSR count). The highest BCUT2D eigenvalue weighted by atomic mass is 19.0. The van der Waals surface area contributed by atoms with Gasteiger partial charge in [-0.1, -0.05) is 18.2 Å². The Bertz CT molecular complexity index is 146. The van der Waals surface area contributed by atoms with Gasteiger partial charge in [0.15, 0.2) is 0 Å². The lowest BCUT2D eigenvalue weighted by Crippen LogP contribution is -1.56. The van der Waals surface area contributed by atoms with Gasteiger partial charge in [0.2, 0.25) is 0 Å². The zero-order valence-electron chi connectivity index (χ0n) is 5.88. The Morgan fingerprint density at radius 1 is 0.667 bits per heavy atom. The van der Waals surface area contributed by atoms with Crippen LogP contribution in [-0.2, 0) is 0 Å². The summed E-state index contributed by atoms with van der Waals surface area (Å²) in [5.41, 5.74) is 0. The monoisotopic (exact) mass is 194 g/mol. The third-order valence-corrected chi connectivity index (χ3v) is 0.756. The van der Waals surface area contributed by atoms with E-state index in [0.29, 0.717) is 5.75 Å². The van der Waals surface area contributed by atoms with Crippen LogP contribution in [0, 0.1) is 0 Å². The highest BCUT2D eigenvalue weighted by Crippen LogP contribution is 2.02. The molecule has 0 atom stereocenters. The van der Waals surface area contributed by atoms with Gasteiger partial charge in [0.05, 0.1) is 0 Å². The van der Waals surface area contributed by atoms with E-state index in [2.05, 4.69) is 0 Å². The van der Waals surface area contributed by atoms with Crippen molar-refractivity contribution >= 4 is 0 Å². The molecule has 0 amide bonds. The summed E-state index contributed by atoms with van der Waals surface area (Å²) in [6, 6.07) is 8.71. The number of hydrogen-bond acceptors (Lipinski definition) is 1. The molecule has 1 nitrogen and oxygen atoms in total. The second-order valence-corrected chi connectivity index (χ2v) is 1.34. The fraction of sp³-hybridized carbons (Fsp3) is 0. The van der Waals surface area contributed by atoms with Crippen molar-refractivity contribution in [3.8, 4) is 5.75 Å². The number of phenols is 1. The minimum atomic E-state index is 0.